The maximum absolute atomic E-state index is 12.1. The summed E-state index contributed by atoms with van der Waals surface area (Å²) in [6.07, 6.45) is 2.56. The largest absolute Gasteiger partial charge is 0.485 e. The Hall–Kier alpha value is -1.75. The first-order chi connectivity index (χ1) is 9.72. The van der Waals surface area contributed by atoms with Gasteiger partial charge in [0, 0.05) is 12.6 Å². The van der Waals surface area contributed by atoms with Crippen molar-refractivity contribution in [2.75, 3.05) is 13.2 Å². The zero-order valence-electron chi connectivity index (χ0n) is 11.4. The van der Waals surface area contributed by atoms with Gasteiger partial charge in [0.15, 0.2) is 11.5 Å². The number of benzene rings is 1. The van der Waals surface area contributed by atoms with Gasteiger partial charge in [-0.05, 0) is 37.3 Å². The number of amides is 1. The molecular weight excluding hydrogens is 256 g/mol. The van der Waals surface area contributed by atoms with Gasteiger partial charge in [0.05, 0.1) is 0 Å². The van der Waals surface area contributed by atoms with E-state index in [4.69, 9.17) is 15.2 Å². The minimum Gasteiger partial charge on any atom is -0.485 e. The molecule has 1 aromatic rings. The first-order valence-electron chi connectivity index (χ1n) is 7.14. The van der Waals surface area contributed by atoms with Crippen LogP contribution in [0.4, 0.5) is 0 Å². The lowest BCUT2D eigenvalue weighted by Crippen LogP contribution is -2.45. The van der Waals surface area contributed by atoms with Crippen molar-refractivity contribution in [3.63, 3.8) is 0 Å². The number of ether oxygens (including phenoxy) is 2. The Bertz CT molecular complexity index is 492. The highest BCUT2D eigenvalue weighted by molar-refractivity contribution is 5.81. The molecule has 0 bridgehead atoms. The SMILES string of the molecule is NC1CCC(CNC(=O)C2COc3ccccc3O2)C1. The molecule has 5 heteroatoms. The smallest absolute Gasteiger partial charge is 0.264 e. The lowest BCUT2D eigenvalue weighted by atomic mass is 10.1. The third-order valence-corrected chi connectivity index (χ3v) is 3.95. The summed E-state index contributed by atoms with van der Waals surface area (Å²) in [5, 5.41) is 2.95. The standard InChI is InChI=1S/C15H20N2O3/c16-11-6-5-10(7-11)8-17-15(18)14-9-19-12-3-1-2-4-13(12)20-14/h1-4,10-11,14H,5-9,16H2,(H,17,18). The Morgan fingerprint density at radius 3 is 2.85 bits per heavy atom. The van der Waals surface area contributed by atoms with E-state index >= 15 is 0 Å². The number of hydrogen-bond acceptors (Lipinski definition) is 4. The van der Waals surface area contributed by atoms with Crippen molar-refractivity contribution in [2.45, 2.75) is 31.4 Å². The Labute approximate surface area is 118 Å². The molecule has 0 aromatic heterocycles. The number of hydrogen-bond donors (Lipinski definition) is 2. The van der Waals surface area contributed by atoms with Crippen molar-refractivity contribution in [3.05, 3.63) is 24.3 Å². The van der Waals surface area contributed by atoms with Crippen molar-refractivity contribution in [1.82, 2.24) is 5.32 Å². The minimum atomic E-state index is -0.569. The first-order valence-corrected chi connectivity index (χ1v) is 7.14. The normalized spacial score (nSPS) is 28.1. The zero-order valence-corrected chi connectivity index (χ0v) is 11.4. The number of fused-ring (bicyclic) bond motifs is 1. The molecule has 0 saturated heterocycles. The summed E-state index contributed by atoms with van der Waals surface area (Å²) in [5.41, 5.74) is 5.87. The predicted molar refractivity (Wildman–Crippen MR) is 74.7 cm³/mol. The van der Waals surface area contributed by atoms with E-state index in [0.29, 0.717) is 24.0 Å². The van der Waals surface area contributed by atoms with Gasteiger partial charge in [0.2, 0.25) is 6.10 Å². The second-order valence-corrected chi connectivity index (χ2v) is 5.55. The topological polar surface area (TPSA) is 73.6 Å². The summed E-state index contributed by atoms with van der Waals surface area (Å²) in [6.45, 7) is 0.932. The summed E-state index contributed by atoms with van der Waals surface area (Å²) >= 11 is 0. The molecule has 1 aliphatic heterocycles. The van der Waals surface area contributed by atoms with Crippen LogP contribution in [0.25, 0.3) is 0 Å². The van der Waals surface area contributed by atoms with Gasteiger partial charge >= 0.3 is 0 Å². The molecule has 1 heterocycles. The number of nitrogens with two attached hydrogens (primary N) is 1. The van der Waals surface area contributed by atoms with Crippen LogP contribution in [0, 0.1) is 5.92 Å². The average Bonchev–Trinajstić information content (AvgIpc) is 2.90. The third kappa shape index (κ3) is 2.88. The number of rotatable bonds is 3. The van der Waals surface area contributed by atoms with Gasteiger partial charge in [-0.25, -0.2) is 0 Å². The van der Waals surface area contributed by atoms with Crippen molar-refractivity contribution >= 4 is 5.91 Å². The van der Waals surface area contributed by atoms with Crippen LogP contribution in [0.5, 0.6) is 11.5 Å². The molecule has 20 heavy (non-hydrogen) atoms. The molecule has 3 rings (SSSR count). The highest BCUT2D eigenvalue weighted by atomic mass is 16.6. The number of para-hydroxylation sites is 2. The molecule has 3 N–H and O–H groups in total. The van der Waals surface area contributed by atoms with Crippen LogP contribution in [-0.2, 0) is 4.79 Å². The van der Waals surface area contributed by atoms with Gasteiger partial charge in [-0.15, -0.1) is 0 Å². The predicted octanol–water partition coefficient (Wildman–Crippen LogP) is 1.07. The highest BCUT2D eigenvalue weighted by Gasteiger charge is 2.28. The van der Waals surface area contributed by atoms with Gasteiger partial charge < -0.3 is 20.5 Å². The van der Waals surface area contributed by atoms with Gasteiger partial charge in [0.1, 0.15) is 6.61 Å². The molecule has 1 aromatic carbocycles. The molecule has 1 aliphatic carbocycles. The molecule has 0 radical (unpaired) electrons. The average molecular weight is 276 g/mol. The molecule has 1 saturated carbocycles. The lowest BCUT2D eigenvalue weighted by molar-refractivity contribution is -0.130. The van der Waals surface area contributed by atoms with E-state index in [1.165, 1.54) is 0 Å². The van der Waals surface area contributed by atoms with E-state index < -0.39 is 6.10 Å². The summed E-state index contributed by atoms with van der Waals surface area (Å²) in [5.74, 6) is 1.70. The zero-order chi connectivity index (χ0) is 13.9. The van der Waals surface area contributed by atoms with Crippen LogP contribution in [0.1, 0.15) is 19.3 Å². The van der Waals surface area contributed by atoms with Gasteiger partial charge in [-0.1, -0.05) is 12.1 Å². The Morgan fingerprint density at radius 2 is 2.10 bits per heavy atom. The fourth-order valence-electron chi connectivity index (χ4n) is 2.81. The van der Waals surface area contributed by atoms with E-state index in [2.05, 4.69) is 5.32 Å². The van der Waals surface area contributed by atoms with E-state index in [1.807, 2.05) is 24.3 Å². The molecular formula is C15H20N2O3. The fourth-order valence-corrected chi connectivity index (χ4v) is 2.81. The molecule has 2 aliphatic rings. The summed E-state index contributed by atoms with van der Waals surface area (Å²) in [7, 11) is 0. The summed E-state index contributed by atoms with van der Waals surface area (Å²) < 4.78 is 11.2. The van der Waals surface area contributed by atoms with Crippen LogP contribution in [0.3, 0.4) is 0 Å². The van der Waals surface area contributed by atoms with Crippen LogP contribution < -0.4 is 20.5 Å². The molecule has 108 valence electrons. The Balaban J connectivity index is 1.51. The molecule has 3 unspecified atom stereocenters. The second kappa shape index (κ2) is 5.71. The van der Waals surface area contributed by atoms with E-state index in [-0.39, 0.29) is 18.6 Å². The van der Waals surface area contributed by atoms with E-state index in [1.54, 1.807) is 0 Å². The van der Waals surface area contributed by atoms with Gasteiger partial charge in [-0.3, -0.25) is 4.79 Å². The monoisotopic (exact) mass is 276 g/mol. The van der Waals surface area contributed by atoms with Crippen molar-refractivity contribution < 1.29 is 14.3 Å². The van der Waals surface area contributed by atoms with Gasteiger partial charge in [0.25, 0.3) is 5.91 Å². The Morgan fingerprint density at radius 1 is 1.30 bits per heavy atom. The second-order valence-electron chi connectivity index (χ2n) is 5.55. The van der Waals surface area contributed by atoms with Crippen molar-refractivity contribution in [2.24, 2.45) is 11.7 Å². The van der Waals surface area contributed by atoms with E-state index in [9.17, 15) is 4.79 Å². The highest BCUT2D eigenvalue weighted by Crippen LogP contribution is 2.31. The molecule has 1 fully saturated rings. The molecule has 3 atom stereocenters. The maximum Gasteiger partial charge on any atom is 0.264 e. The van der Waals surface area contributed by atoms with Crippen LogP contribution in [0.2, 0.25) is 0 Å². The Kier molecular flexibility index (Phi) is 3.78. The molecule has 0 spiro atoms. The van der Waals surface area contributed by atoms with Gasteiger partial charge in [-0.2, -0.15) is 0 Å². The summed E-state index contributed by atoms with van der Waals surface area (Å²) in [6, 6.07) is 7.68. The summed E-state index contributed by atoms with van der Waals surface area (Å²) in [4.78, 5) is 12.1. The third-order valence-electron chi connectivity index (χ3n) is 3.95. The first kappa shape index (κ1) is 13.2. The molecule has 5 nitrogen and oxygen atoms in total. The number of carbonyl (C=O) groups excluding carboxylic acids is 1. The van der Waals surface area contributed by atoms with Crippen LogP contribution >= 0.6 is 0 Å². The lowest BCUT2D eigenvalue weighted by Gasteiger charge is -2.26. The number of nitrogens with one attached hydrogen (secondary N) is 1. The van der Waals surface area contributed by atoms with Crippen LogP contribution in [-0.4, -0.2) is 31.2 Å². The van der Waals surface area contributed by atoms with E-state index in [0.717, 1.165) is 19.3 Å². The maximum atomic E-state index is 12.1. The minimum absolute atomic E-state index is 0.111. The molecule has 1 amide bonds. The van der Waals surface area contributed by atoms with Crippen molar-refractivity contribution in [3.8, 4) is 11.5 Å². The quantitative estimate of drug-likeness (QED) is 0.866. The van der Waals surface area contributed by atoms with Crippen molar-refractivity contribution in [1.29, 1.82) is 0 Å². The van der Waals surface area contributed by atoms with Crippen LogP contribution in [0.15, 0.2) is 24.3 Å². The number of carbonyl (C=O) groups is 1. The fraction of sp³-hybridized carbons (Fsp3) is 0.533.